The molecule has 3 nitrogen and oxygen atoms in total. The third kappa shape index (κ3) is 2.70. The quantitative estimate of drug-likeness (QED) is 0.916. The highest BCUT2D eigenvalue weighted by Gasteiger charge is 2.24. The van der Waals surface area contributed by atoms with E-state index in [1.54, 1.807) is 0 Å². The summed E-state index contributed by atoms with van der Waals surface area (Å²) >= 11 is 1.87. The molecule has 1 fully saturated rings. The van der Waals surface area contributed by atoms with Crippen molar-refractivity contribution in [3.05, 3.63) is 46.0 Å². The lowest BCUT2D eigenvalue weighted by Gasteiger charge is -2.12. The summed E-state index contributed by atoms with van der Waals surface area (Å²) in [6, 6.07) is 9.49. The first-order valence-electron chi connectivity index (χ1n) is 7.87. The maximum absolute atomic E-state index is 4.90. The maximum atomic E-state index is 4.90. The molecule has 2 heterocycles. The van der Waals surface area contributed by atoms with Crippen molar-refractivity contribution in [3.63, 3.8) is 0 Å². The summed E-state index contributed by atoms with van der Waals surface area (Å²) in [4.78, 5) is 8.73. The minimum atomic E-state index is 0.760. The molecular formula is C17H21N3S. The number of hydrogen-bond acceptors (Lipinski definition) is 4. The van der Waals surface area contributed by atoms with Crippen LogP contribution in [0.1, 0.15) is 41.5 Å². The fourth-order valence-electron chi connectivity index (χ4n) is 2.91. The maximum Gasteiger partial charge on any atom is 0.186 e. The molecule has 0 amide bonds. The first-order chi connectivity index (χ1) is 10.3. The van der Waals surface area contributed by atoms with Gasteiger partial charge in [0.15, 0.2) is 5.13 Å². The Hall–Kier alpha value is -1.39. The van der Waals surface area contributed by atoms with E-state index in [-0.39, 0.29) is 0 Å². The SMILES string of the molecule is CCc1nc(N2Cc3ccccc3C2)sc1CNC1CC1. The number of hydrogen-bond donors (Lipinski definition) is 1. The number of nitrogens with zero attached hydrogens (tertiary/aromatic N) is 2. The summed E-state index contributed by atoms with van der Waals surface area (Å²) in [5.41, 5.74) is 4.17. The van der Waals surface area contributed by atoms with Crippen molar-refractivity contribution in [2.24, 2.45) is 0 Å². The topological polar surface area (TPSA) is 28.2 Å². The fraction of sp³-hybridized carbons (Fsp3) is 0.471. The van der Waals surface area contributed by atoms with Crippen LogP contribution in [0.2, 0.25) is 0 Å². The van der Waals surface area contributed by atoms with Crippen LogP contribution in [0.25, 0.3) is 0 Å². The number of nitrogens with one attached hydrogen (secondary N) is 1. The number of aryl methyl sites for hydroxylation is 1. The van der Waals surface area contributed by atoms with Gasteiger partial charge in [-0.2, -0.15) is 0 Å². The number of rotatable bonds is 5. The molecule has 4 heteroatoms. The Bertz CT molecular complexity index is 620. The van der Waals surface area contributed by atoms with Gasteiger partial charge in [-0.1, -0.05) is 31.2 Å². The lowest BCUT2D eigenvalue weighted by molar-refractivity contribution is 0.689. The van der Waals surface area contributed by atoms with Crippen LogP contribution >= 0.6 is 11.3 Å². The Morgan fingerprint density at radius 3 is 2.57 bits per heavy atom. The molecule has 0 spiro atoms. The van der Waals surface area contributed by atoms with Gasteiger partial charge in [-0.25, -0.2) is 4.98 Å². The molecule has 0 unspecified atom stereocenters. The minimum Gasteiger partial charge on any atom is -0.339 e. The Morgan fingerprint density at radius 2 is 1.95 bits per heavy atom. The van der Waals surface area contributed by atoms with Crippen LogP contribution in [0.4, 0.5) is 5.13 Å². The summed E-state index contributed by atoms with van der Waals surface area (Å²) in [5, 5.41) is 4.81. The smallest absolute Gasteiger partial charge is 0.186 e. The molecule has 0 bridgehead atoms. The molecule has 1 N–H and O–H groups in total. The zero-order chi connectivity index (χ0) is 14.2. The van der Waals surface area contributed by atoms with Crippen LogP contribution in [0.5, 0.6) is 0 Å². The first kappa shape index (κ1) is 13.3. The van der Waals surface area contributed by atoms with E-state index in [0.29, 0.717) is 0 Å². The van der Waals surface area contributed by atoms with Crippen molar-refractivity contribution in [3.8, 4) is 0 Å². The molecule has 0 saturated heterocycles. The minimum absolute atomic E-state index is 0.760. The third-order valence-corrected chi connectivity index (χ3v) is 5.50. The highest BCUT2D eigenvalue weighted by molar-refractivity contribution is 7.15. The van der Waals surface area contributed by atoms with Crippen molar-refractivity contribution >= 4 is 16.5 Å². The Balaban J connectivity index is 1.52. The highest BCUT2D eigenvalue weighted by atomic mass is 32.1. The van der Waals surface area contributed by atoms with Crippen LogP contribution in [0, 0.1) is 0 Å². The highest BCUT2D eigenvalue weighted by Crippen LogP contribution is 2.33. The van der Waals surface area contributed by atoms with Gasteiger partial charge in [-0.05, 0) is 30.4 Å². The predicted molar refractivity (Wildman–Crippen MR) is 87.7 cm³/mol. The largest absolute Gasteiger partial charge is 0.339 e. The molecule has 1 aromatic heterocycles. The van der Waals surface area contributed by atoms with E-state index < -0.39 is 0 Å². The molecule has 110 valence electrons. The molecule has 1 aliphatic carbocycles. The van der Waals surface area contributed by atoms with E-state index in [0.717, 1.165) is 32.1 Å². The molecule has 4 rings (SSSR count). The van der Waals surface area contributed by atoms with E-state index in [1.807, 2.05) is 11.3 Å². The second-order valence-electron chi connectivity index (χ2n) is 6.00. The molecule has 2 aromatic rings. The monoisotopic (exact) mass is 299 g/mol. The molecule has 0 atom stereocenters. The van der Waals surface area contributed by atoms with E-state index >= 15 is 0 Å². The zero-order valence-corrected chi connectivity index (χ0v) is 13.2. The van der Waals surface area contributed by atoms with Gasteiger partial charge in [0.1, 0.15) is 0 Å². The average Bonchev–Trinajstić information content (AvgIpc) is 3.09. The van der Waals surface area contributed by atoms with Crippen molar-refractivity contribution in [2.75, 3.05) is 4.90 Å². The van der Waals surface area contributed by atoms with Gasteiger partial charge < -0.3 is 10.2 Å². The molecule has 1 aliphatic heterocycles. The lowest BCUT2D eigenvalue weighted by Crippen LogP contribution is -2.15. The van der Waals surface area contributed by atoms with Gasteiger partial charge in [0.25, 0.3) is 0 Å². The molecule has 1 saturated carbocycles. The lowest BCUT2D eigenvalue weighted by atomic mass is 10.1. The number of anilines is 1. The van der Waals surface area contributed by atoms with Gasteiger partial charge in [0.05, 0.1) is 5.69 Å². The molecule has 2 aliphatic rings. The van der Waals surface area contributed by atoms with E-state index in [9.17, 15) is 0 Å². The molecule has 0 radical (unpaired) electrons. The number of fused-ring (bicyclic) bond motifs is 1. The Labute approximate surface area is 130 Å². The first-order valence-corrected chi connectivity index (χ1v) is 8.69. The van der Waals surface area contributed by atoms with Crippen molar-refractivity contribution in [2.45, 2.75) is 51.9 Å². The van der Waals surface area contributed by atoms with Crippen molar-refractivity contribution in [1.29, 1.82) is 0 Å². The van der Waals surface area contributed by atoms with Crippen LogP contribution in [0.15, 0.2) is 24.3 Å². The Morgan fingerprint density at radius 1 is 1.24 bits per heavy atom. The Kier molecular flexibility index (Phi) is 3.43. The molecule has 21 heavy (non-hydrogen) atoms. The number of aromatic nitrogens is 1. The van der Waals surface area contributed by atoms with Gasteiger partial charge in [-0.3, -0.25) is 0 Å². The zero-order valence-electron chi connectivity index (χ0n) is 12.4. The van der Waals surface area contributed by atoms with Crippen LogP contribution in [-0.2, 0) is 26.1 Å². The van der Waals surface area contributed by atoms with Crippen LogP contribution < -0.4 is 10.2 Å². The van der Waals surface area contributed by atoms with Crippen molar-refractivity contribution < 1.29 is 0 Å². The molecule has 1 aromatic carbocycles. The van der Waals surface area contributed by atoms with Gasteiger partial charge in [-0.15, -0.1) is 11.3 Å². The fourth-order valence-corrected chi connectivity index (χ4v) is 4.01. The summed E-state index contributed by atoms with van der Waals surface area (Å²) in [5.74, 6) is 0. The third-order valence-electron chi connectivity index (χ3n) is 4.34. The second kappa shape index (κ2) is 5.43. The number of thiazole rings is 1. The van der Waals surface area contributed by atoms with E-state index in [1.165, 1.54) is 39.7 Å². The van der Waals surface area contributed by atoms with Crippen molar-refractivity contribution in [1.82, 2.24) is 10.3 Å². The van der Waals surface area contributed by atoms with Gasteiger partial charge in [0.2, 0.25) is 0 Å². The summed E-state index contributed by atoms with van der Waals surface area (Å²) < 4.78 is 0. The second-order valence-corrected chi connectivity index (χ2v) is 7.06. The number of benzene rings is 1. The average molecular weight is 299 g/mol. The predicted octanol–water partition coefficient (Wildman–Crippen LogP) is 3.48. The van der Waals surface area contributed by atoms with E-state index in [4.69, 9.17) is 4.98 Å². The van der Waals surface area contributed by atoms with Gasteiger partial charge in [0, 0.05) is 30.6 Å². The van der Waals surface area contributed by atoms with E-state index in [2.05, 4.69) is 41.4 Å². The van der Waals surface area contributed by atoms with Crippen LogP contribution in [0.3, 0.4) is 0 Å². The summed E-state index contributed by atoms with van der Waals surface area (Å²) in [6.45, 7) is 5.20. The standard InChI is InChI=1S/C17H21N3S/c1-2-15-16(9-18-14-7-8-14)21-17(19-15)20-10-12-5-3-4-6-13(12)11-20/h3-6,14,18H,2,7-11H2,1H3. The summed E-state index contributed by atoms with van der Waals surface area (Å²) in [7, 11) is 0. The molecular weight excluding hydrogens is 278 g/mol. The van der Waals surface area contributed by atoms with Gasteiger partial charge >= 0.3 is 0 Å². The summed E-state index contributed by atoms with van der Waals surface area (Å²) in [6.07, 6.45) is 3.71. The van der Waals surface area contributed by atoms with Crippen LogP contribution in [-0.4, -0.2) is 11.0 Å². The normalized spacial score (nSPS) is 17.3.